The van der Waals surface area contributed by atoms with Crippen molar-refractivity contribution in [1.82, 2.24) is 0 Å². The number of benzene rings is 2. The van der Waals surface area contributed by atoms with Crippen LogP contribution in [-0.4, -0.2) is 18.2 Å². The number of amides is 1. The molecule has 1 amide bonds. The fourth-order valence-corrected chi connectivity index (χ4v) is 3.82. The molecule has 3 rings (SSSR count). The number of hydrogen-bond acceptors (Lipinski definition) is 3. The van der Waals surface area contributed by atoms with Crippen LogP contribution in [0.1, 0.15) is 10.4 Å². The summed E-state index contributed by atoms with van der Waals surface area (Å²) in [6, 6.07) is 10.6. The molecular weight excluding hydrogens is 327 g/mol. The second kappa shape index (κ2) is 5.79. The first kappa shape index (κ1) is 14.6. The fraction of sp³-hybridized carbons (Fsp3) is 0.133. The smallest absolute Gasteiger partial charge is 0.261 e. The highest BCUT2D eigenvalue weighted by Crippen LogP contribution is 2.38. The fourth-order valence-electron chi connectivity index (χ4n) is 2.28. The Morgan fingerprint density at radius 3 is 2.62 bits per heavy atom. The lowest BCUT2D eigenvalue weighted by Crippen LogP contribution is -2.35. The van der Waals surface area contributed by atoms with E-state index in [0.29, 0.717) is 27.8 Å². The molecule has 1 heterocycles. The molecule has 0 bridgehead atoms. The molecule has 1 aliphatic heterocycles. The Balaban J connectivity index is 2.06. The van der Waals surface area contributed by atoms with Crippen molar-refractivity contribution in [2.75, 3.05) is 22.9 Å². The first-order chi connectivity index (χ1) is 10.1. The highest BCUT2D eigenvalue weighted by molar-refractivity contribution is 7.99. The van der Waals surface area contributed by atoms with Crippen LogP contribution in [0.3, 0.4) is 0 Å². The van der Waals surface area contributed by atoms with Gasteiger partial charge in [-0.15, -0.1) is 11.8 Å². The van der Waals surface area contributed by atoms with Gasteiger partial charge < -0.3 is 10.6 Å². The molecule has 2 aromatic rings. The standard InChI is InChI=1S/C15H12Cl2N2OS/c16-10-2-1-3-11(17)14(10)15(20)19-6-7-21-13-5-4-9(18)8-12(13)19/h1-5,8H,6-7,18H2. The Morgan fingerprint density at radius 2 is 1.90 bits per heavy atom. The molecular formula is C15H12Cl2N2OS. The van der Waals surface area contributed by atoms with Gasteiger partial charge in [0.2, 0.25) is 0 Å². The maximum atomic E-state index is 12.8. The van der Waals surface area contributed by atoms with E-state index >= 15 is 0 Å². The topological polar surface area (TPSA) is 46.3 Å². The van der Waals surface area contributed by atoms with Crippen LogP contribution in [0.15, 0.2) is 41.3 Å². The van der Waals surface area contributed by atoms with Crippen LogP contribution in [0, 0.1) is 0 Å². The highest BCUT2D eigenvalue weighted by atomic mass is 35.5. The van der Waals surface area contributed by atoms with Crippen LogP contribution in [0.4, 0.5) is 11.4 Å². The number of nitrogens with two attached hydrogens (primary N) is 1. The first-order valence-electron chi connectivity index (χ1n) is 6.36. The van der Waals surface area contributed by atoms with E-state index in [-0.39, 0.29) is 5.91 Å². The number of hydrogen-bond donors (Lipinski definition) is 1. The molecule has 0 fully saturated rings. The van der Waals surface area contributed by atoms with Gasteiger partial charge in [0.25, 0.3) is 5.91 Å². The molecule has 1 aliphatic rings. The third kappa shape index (κ3) is 2.71. The third-order valence-corrected chi connectivity index (χ3v) is 4.94. The lowest BCUT2D eigenvalue weighted by Gasteiger charge is -2.29. The van der Waals surface area contributed by atoms with Crippen molar-refractivity contribution in [3.63, 3.8) is 0 Å². The summed E-state index contributed by atoms with van der Waals surface area (Å²) in [4.78, 5) is 15.5. The Kier molecular flexibility index (Phi) is 4.02. The number of halogens is 2. The quantitative estimate of drug-likeness (QED) is 0.787. The van der Waals surface area contributed by atoms with Gasteiger partial charge in [-0.3, -0.25) is 4.79 Å². The van der Waals surface area contributed by atoms with E-state index in [1.165, 1.54) is 0 Å². The molecule has 3 nitrogen and oxygen atoms in total. The second-order valence-corrected chi connectivity index (χ2v) is 6.58. The molecule has 0 aromatic heterocycles. The number of thioether (sulfide) groups is 1. The summed E-state index contributed by atoms with van der Waals surface area (Å²) in [6.07, 6.45) is 0. The highest BCUT2D eigenvalue weighted by Gasteiger charge is 2.27. The van der Waals surface area contributed by atoms with Gasteiger partial charge >= 0.3 is 0 Å². The summed E-state index contributed by atoms with van der Waals surface area (Å²) in [5, 5.41) is 0.715. The van der Waals surface area contributed by atoms with Gasteiger partial charge in [0, 0.05) is 22.9 Å². The number of rotatable bonds is 1. The average molecular weight is 339 g/mol. The Bertz CT molecular complexity index is 701. The summed E-state index contributed by atoms with van der Waals surface area (Å²) >= 11 is 14.0. The summed E-state index contributed by atoms with van der Waals surface area (Å²) < 4.78 is 0. The molecule has 108 valence electrons. The number of carbonyl (C=O) groups is 1. The van der Waals surface area contributed by atoms with Gasteiger partial charge in [-0.25, -0.2) is 0 Å². The van der Waals surface area contributed by atoms with Crippen molar-refractivity contribution < 1.29 is 4.79 Å². The second-order valence-electron chi connectivity index (χ2n) is 4.63. The predicted octanol–water partition coefficient (Wildman–Crippen LogP) is 4.33. The Labute approximate surface area is 137 Å². The summed E-state index contributed by atoms with van der Waals surface area (Å²) in [7, 11) is 0. The van der Waals surface area contributed by atoms with E-state index in [9.17, 15) is 4.79 Å². The molecule has 0 atom stereocenters. The van der Waals surface area contributed by atoms with E-state index < -0.39 is 0 Å². The number of nitrogen functional groups attached to an aromatic ring is 1. The van der Waals surface area contributed by atoms with Crippen LogP contribution in [-0.2, 0) is 0 Å². The average Bonchev–Trinajstić information content (AvgIpc) is 2.46. The van der Waals surface area contributed by atoms with E-state index in [1.54, 1.807) is 34.9 Å². The molecule has 21 heavy (non-hydrogen) atoms. The molecule has 0 radical (unpaired) electrons. The van der Waals surface area contributed by atoms with Gasteiger partial charge in [-0.2, -0.15) is 0 Å². The van der Waals surface area contributed by atoms with E-state index in [1.807, 2.05) is 18.2 Å². The van der Waals surface area contributed by atoms with Crippen molar-refractivity contribution in [3.05, 3.63) is 52.0 Å². The molecule has 0 saturated carbocycles. The third-order valence-electron chi connectivity index (χ3n) is 3.27. The Hall–Kier alpha value is -1.36. The molecule has 0 saturated heterocycles. The molecule has 2 N–H and O–H groups in total. The molecule has 0 aliphatic carbocycles. The van der Waals surface area contributed by atoms with Gasteiger partial charge in [0.1, 0.15) is 0 Å². The van der Waals surface area contributed by atoms with Crippen molar-refractivity contribution in [1.29, 1.82) is 0 Å². The number of fused-ring (bicyclic) bond motifs is 1. The van der Waals surface area contributed by atoms with E-state index in [0.717, 1.165) is 16.3 Å². The van der Waals surface area contributed by atoms with E-state index in [4.69, 9.17) is 28.9 Å². The minimum atomic E-state index is -0.197. The number of nitrogens with zero attached hydrogens (tertiary/aromatic N) is 1. The van der Waals surface area contributed by atoms with Gasteiger partial charge in [-0.1, -0.05) is 29.3 Å². The van der Waals surface area contributed by atoms with Crippen LogP contribution < -0.4 is 10.6 Å². The van der Waals surface area contributed by atoms with Crippen LogP contribution in [0.5, 0.6) is 0 Å². The zero-order valence-corrected chi connectivity index (χ0v) is 13.3. The summed E-state index contributed by atoms with van der Waals surface area (Å²) in [5.74, 6) is 0.628. The van der Waals surface area contributed by atoms with Crippen molar-refractivity contribution in [2.24, 2.45) is 0 Å². The zero-order valence-electron chi connectivity index (χ0n) is 11.0. The normalized spacial score (nSPS) is 13.9. The minimum Gasteiger partial charge on any atom is -0.399 e. The van der Waals surface area contributed by atoms with Gasteiger partial charge in [0.15, 0.2) is 0 Å². The monoisotopic (exact) mass is 338 g/mol. The predicted molar refractivity (Wildman–Crippen MR) is 89.7 cm³/mol. The molecule has 0 unspecified atom stereocenters. The number of carbonyl (C=O) groups excluding carboxylic acids is 1. The summed E-state index contributed by atoms with van der Waals surface area (Å²) in [6.45, 7) is 0.599. The zero-order chi connectivity index (χ0) is 15.0. The molecule has 6 heteroatoms. The molecule has 0 spiro atoms. The molecule has 2 aromatic carbocycles. The van der Waals surface area contributed by atoms with Crippen molar-refractivity contribution >= 4 is 52.2 Å². The lowest BCUT2D eigenvalue weighted by atomic mass is 10.1. The van der Waals surface area contributed by atoms with Crippen molar-refractivity contribution in [2.45, 2.75) is 4.90 Å². The van der Waals surface area contributed by atoms with Gasteiger partial charge in [0.05, 0.1) is 21.3 Å². The van der Waals surface area contributed by atoms with Crippen LogP contribution in [0.25, 0.3) is 0 Å². The first-order valence-corrected chi connectivity index (χ1v) is 8.10. The van der Waals surface area contributed by atoms with Crippen molar-refractivity contribution in [3.8, 4) is 0 Å². The lowest BCUT2D eigenvalue weighted by molar-refractivity contribution is 0.0988. The van der Waals surface area contributed by atoms with Crippen LogP contribution >= 0.6 is 35.0 Å². The Morgan fingerprint density at radius 1 is 1.19 bits per heavy atom. The maximum Gasteiger partial charge on any atom is 0.261 e. The SMILES string of the molecule is Nc1ccc2c(c1)N(C(=O)c1c(Cl)cccc1Cl)CCS2. The van der Waals surface area contributed by atoms with E-state index in [2.05, 4.69) is 0 Å². The van der Waals surface area contributed by atoms with Gasteiger partial charge in [-0.05, 0) is 30.3 Å². The van der Waals surface area contributed by atoms with Crippen LogP contribution in [0.2, 0.25) is 10.0 Å². The summed E-state index contributed by atoms with van der Waals surface area (Å²) in [5.41, 5.74) is 7.61. The largest absolute Gasteiger partial charge is 0.399 e. The minimum absolute atomic E-state index is 0.197. The number of anilines is 2. The maximum absolute atomic E-state index is 12.8.